The van der Waals surface area contributed by atoms with Gasteiger partial charge in [-0.05, 0) is 42.7 Å². The third kappa shape index (κ3) is 5.32. The van der Waals surface area contributed by atoms with Gasteiger partial charge in [0, 0.05) is 18.3 Å². The van der Waals surface area contributed by atoms with E-state index in [4.69, 9.17) is 4.74 Å². The van der Waals surface area contributed by atoms with E-state index in [1.54, 1.807) is 19.2 Å². The van der Waals surface area contributed by atoms with E-state index in [0.717, 1.165) is 24.2 Å². The van der Waals surface area contributed by atoms with Crippen molar-refractivity contribution < 1.29 is 14.3 Å². The van der Waals surface area contributed by atoms with Gasteiger partial charge in [-0.25, -0.2) is 4.79 Å². The Bertz CT molecular complexity index is 743. The van der Waals surface area contributed by atoms with Gasteiger partial charge in [0.05, 0.1) is 13.7 Å². The number of carbonyl (C=O) groups excluding carboxylic acids is 2. The molecule has 1 fully saturated rings. The molecule has 0 aromatic heterocycles. The van der Waals surface area contributed by atoms with E-state index in [-0.39, 0.29) is 12.5 Å². The number of rotatable bonds is 7. The lowest BCUT2D eigenvalue weighted by molar-refractivity contribution is -0.121. The highest BCUT2D eigenvalue weighted by molar-refractivity contribution is 6.01. The van der Waals surface area contributed by atoms with Crippen LogP contribution in [0, 0.1) is 0 Å². The predicted octanol–water partition coefficient (Wildman–Crippen LogP) is 3.01. The fourth-order valence-corrected chi connectivity index (χ4v) is 2.75. The zero-order valence-corrected chi connectivity index (χ0v) is 14.8. The number of methoxy groups -OCH3 is 1. The van der Waals surface area contributed by atoms with E-state index in [9.17, 15) is 9.59 Å². The quantitative estimate of drug-likeness (QED) is 0.803. The summed E-state index contributed by atoms with van der Waals surface area (Å²) < 4.78 is 5.17. The van der Waals surface area contributed by atoms with E-state index in [2.05, 4.69) is 15.5 Å². The van der Waals surface area contributed by atoms with Crippen molar-refractivity contribution in [1.29, 1.82) is 0 Å². The molecule has 0 atom stereocenters. The number of anilines is 1. The maximum absolute atomic E-state index is 12.2. The largest absolute Gasteiger partial charge is 0.497 e. The summed E-state index contributed by atoms with van der Waals surface area (Å²) in [6, 6.07) is 16.7. The molecule has 3 amide bonds. The van der Waals surface area contributed by atoms with Crippen LogP contribution < -0.4 is 15.4 Å². The number of amides is 3. The van der Waals surface area contributed by atoms with Crippen LogP contribution in [0.25, 0.3) is 0 Å². The molecule has 6 nitrogen and oxygen atoms in total. The van der Waals surface area contributed by atoms with Gasteiger partial charge < -0.3 is 10.1 Å². The van der Waals surface area contributed by atoms with Crippen LogP contribution in [-0.2, 0) is 11.3 Å². The highest BCUT2D eigenvalue weighted by atomic mass is 16.5. The smallest absolute Gasteiger partial charge is 0.325 e. The standard InChI is InChI=1S/C20H23N3O3/c1-26-18-11-7-15(8-12-18)13-23(17-9-10-17)14-19(24)22-20(25)21-16-5-3-2-4-6-16/h2-8,11-12,17H,9-10,13-14H2,1H3,(H2,21,22,24,25). The van der Waals surface area contributed by atoms with Crippen LogP contribution in [0.5, 0.6) is 5.75 Å². The first-order valence-corrected chi connectivity index (χ1v) is 8.67. The summed E-state index contributed by atoms with van der Waals surface area (Å²) in [5.74, 6) is 0.501. The van der Waals surface area contributed by atoms with Crippen molar-refractivity contribution >= 4 is 17.6 Å². The molecule has 2 aromatic carbocycles. The highest BCUT2D eigenvalue weighted by Crippen LogP contribution is 2.28. The zero-order chi connectivity index (χ0) is 18.4. The average Bonchev–Trinajstić information content (AvgIpc) is 3.47. The maximum Gasteiger partial charge on any atom is 0.325 e. The fraction of sp³-hybridized carbons (Fsp3) is 0.300. The van der Waals surface area contributed by atoms with Crippen LogP contribution in [0.4, 0.5) is 10.5 Å². The molecule has 0 radical (unpaired) electrons. The minimum atomic E-state index is -0.513. The molecule has 1 saturated carbocycles. The van der Waals surface area contributed by atoms with Crippen LogP contribution in [0.2, 0.25) is 0 Å². The number of hydrogen-bond donors (Lipinski definition) is 2. The van der Waals surface area contributed by atoms with Crippen molar-refractivity contribution in [2.24, 2.45) is 0 Å². The summed E-state index contributed by atoms with van der Waals surface area (Å²) in [6.07, 6.45) is 2.17. The minimum Gasteiger partial charge on any atom is -0.497 e. The zero-order valence-electron chi connectivity index (χ0n) is 14.8. The molecule has 1 aliphatic rings. The van der Waals surface area contributed by atoms with Crippen LogP contribution in [0.3, 0.4) is 0 Å². The van der Waals surface area contributed by atoms with E-state index in [1.807, 2.05) is 42.5 Å². The number of nitrogens with one attached hydrogen (secondary N) is 2. The second kappa shape index (κ2) is 8.49. The molecular weight excluding hydrogens is 330 g/mol. The number of imide groups is 1. The summed E-state index contributed by atoms with van der Waals surface area (Å²) >= 11 is 0. The van der Waals surface area contributed by atoms with Gasteiger partial charge in [-0.2, -0.15) is 0 Å². The van der Waals surface area contributed by atoms with E-state index in [1.165, 1.54) is 0 Å². The fourth-order valence-electron chi connectivity index (χ4n) is 2.75. The average molecular weight is 353 g/mol. The first kappa shape index (κ1) is 17.9. The normalized spacial score (nSPS) is 13.3. The van der Waals surface area contributed by atoms with Crippen LogP contribution in [0.1, 0.15) is 18.4 Å². The predicted molar refractivity (Wildman–Crippen MR) is 100 cm³/mol. The Morgan fingerprint density at radius 1 is 1.08 bits per heavy atom. The van der Waals surface area contributed by atoms with Crippen molar-refractivity contribution in [3.63, 3.8) is 0 Å². The summed E-state index contributed by atoms with van der Waals surface area (Å²) in [4.78, 5) is 26.3. The Hall–Kier alpha value is -2.86. The first-order chi connectivity index (χ1) is 12.6. The number of benzene rings is 2. The molecule has 3 rings (SSSR count). The summed E-state index contributed by atoms with van der Waals surface area (Å²) in [5, 5.41) is 5.04. The lowest BCUT2D eigenvalue weighted by atomic mass is 10.2. The number of ether oxygens (including phenoxy) is 1. The van der Waals surface area contributed by atoms with Gasteiger partial charge in [-0.3, -0.25) is 15.0 Å². The Labute approximate surface area is 153 Å². The third-order valence-electron chi connectivity index (χ3n) is 4.24. The van der Waals surface area contributed by atoms with Gasteiger partial charge in [-0.1, -0.05) is 30.3 Å². The van der Waals surface area contributed by atoms with Gasteiger partial charge in [0.25, 0.3) is 0 Å². The lowest BCUT2D eigenvalue weighted by Gasteiger charge is -2.21. The molecule has 0 saturated heterocycles. The molecular formula is C20H23N3O3. The third-order valence-corrected chi connectivity index (χ3v) is 4.24. The molecule has 2 aromatic rings. The molecule has 136 valence electrons. The molecule has 6 heteroatoms. The van der Waals surface area contributed by atoms with E-state index in [0.29, 0.717) is 18.3 Å². The Kier molecular flexibility index (Phi) is 5.86. The highest BCUT2D eigenvalue weighted by Gasteiger charge is 2.30. The van der Waals surface area contributed by atoms with Gasteiger partial charge in [-0.15, -0.1) is 0 Å². The second-order valence-electron chi connectivity index (χ2n) is 6.35. The van der Waals surface area contributed by atoms with E-state index < -0.39 is 6.03 Å². The molecule has 0 heterocycles. The number of urea groups is 1. The Morgan fingerprint density at radius 2 is 1.77 bits per heavy atom. The monoisotopic (exact) mass is 353 g/mol. The molecule has 0 bridgehead atoms. The van der Waals surface area contributed by atoms with Crippen molar-refractivity contribution in [1.82, 2.24) is 10.2 Å². The molecule has 0 unspecified atom stereocenters. The minimum absolute atomic E-state index is 0.193. The molecule has 0 spiro atoms. The Morgan fingerprint density at radius 3 is 2.38 bits per heavy atom. The van der Waals surface area contributed by atoms with Crippen LogP contribution in [-0.4, -0.2) is 36.5 Å². The summed E-state index contributed by atoms with van der Waals surface area (Å²) in [7, 11) is 1.64. The second-order valence-corrected chi connectivity index (χ2v) is 6.35. The van der Waals surface area contributed by atoms with Crippen molar-refractivity contribution in [3.8, 4) is 5.75 Å². The van der Waals surface area contributed by atoms with E-state index >= 15 is 0 Å². The Balaban J connectivity index is 1.52. The summed E-state index contributed by atoms with van der Waals surface area (Å²) in [6.45, 7) is 0.862. The van der Waals surface area contributed by atoms with Gasteiger partial charge in [0.1, 0.15) is 5.75 Å². The van der Waals surface area contributed by atoms with Gasteiger partial charge >= 0.3 is 6.03 Å². The van der Waals surface area contributed by atoms with Crippen molar-refractivity contribution in [3.05, 3.63) is 60.2 Å². The first-order valence-electron chi connectivity index (χ1n) is 8.67. The van der Waals surface area contributed by atoms with Gasteiger partial charge in [0.2, 0.25) is 5.91 Å². The van der Waals surface area contributed by atoms with Crippen LogP contribution in [0.15, 0.2) is 54.6 Å². The SMILES string of the molecule is COc1ccc(CN(CC(=O)NC(=O)Nc2ccccc2)C2CC2)cc1. The molecule has 1 aliphatic carbocycles. The maximum atomic E-state index is 12.2. The lowest BCUT2D eigenvalue weighted by Crippen LogP contribution is -2.42. The topological polar surface area (TPSA) is 70.7 Å². The number of carbonyl (C=O) groups is 2. The van der Waals surface area contributed by atoms with Crippen molar-refractivity contribution in [2.75, 3.05) is 19.0 Å². The number of nitrogens with zero attached hydrogens (tertiary/aromatic N) is 1. The number of para-hydroxylation sites is 1. The number of hydrogen-bond acceptors (Lipinski definition) is 4. The molecule has 0 aliphatic heterocycles. The molecule has 2 N–H and O–H groups in total. The summed E-state index contributed by atoms with van der Waals surface area (Å²) in [5.41, 5.74) is 1.76. The van der Waals surface area contributed by atoms with Crippen LogP contribution >= 0.6 is 0 Å². The molecule has 26 heavy (non-hydrogen) atoms. The van der Waals surface area contributed by atoms with Gasteiger partial charge in [0.15, 0.2) is 0 Å². The van der Waals surface area contributed by atoms with Crippen molar-refractivity contribution in [2.45, 2.75) is 25.4 Å².